The summed E-state index contributed by atoms with van der Waals surface area (Å²) in [6.07, 6.45) is 1.00. The summed E-state index contributed by atoms with van der Waals surface area (Å²) in [5, 5.41) is 3.71. The van der Waals surface area contributed by atoms with Crippen LogP contribution in [0, 0.1) is 0 Å². The minimum atomic E-state index is -1.78. The van der Waals surface area contributed by atoms with E-state index in [1.807, 2.05) is 0 Å². The molecule has 0 bridgehead atoms. The highest BCUT2D eigenvalue weighted by Gasteiger charge is 2.31. The molecular formula is C22H45NO3Si3. The van der Waals surface area contributed by atoms with Gasteiger partial charge in [-0.05, 0) is 83.0 Å². The molecule has 0 aliphatic heterocycles. The van der Waals surface area contributed by atoms with E-state index in [9.17, 15) is 0 Å². The van der Waals surface area contributed by atoms with Crippen molar-refractivity contribution in [3.05, 3.63) is 23.8 Å². The van der Waals surface area contributed by atoms with E-state index in [1.165, 1.54) is 5.56 Å². The van der Waals surface area contributed by atoms with E-state index in [0.717, 1.165) is 17.9 Å². The zero-order chi connectivity index (χ0) is 22.6. The molecule has 0 heterocycles. The lowest BCUT2D eigenvalue weighted by Crippen LogP contribution is -2.43. The van der Waals surface area contributed by atoms with Gasteiger partial charge in [-0.3, -0.25) is 0 Å². The Hall–Kier alpha value is -0.609. The normalized spacial score (nSPS) is 15.3. The summed E-state index contributed by atoms with van der Waals surface area (Å²) < 4.78 is 19.5. The van der Waals surface area contributed by atoms with Crippen molar-refractivity contribution in [3.8, 4) is 11.5 Å². The molecular weight excluding hydrogens is 411 g/mol. The highest BCUT2D eigenvalue weighted by Crippen LogP contribution is 2.37. The maximum absolute atomic E-state index is 6.70. The van der Waals surface area contributed by atoms with Gasteiger partial charge < -0.3 is 18.6 Å². The van der Waals surface area contributed by atoms with Crippen LogP contribution in [0.1, 0.15) is 38.9 Å². The average Bonchev–Trinajstić information content (AvgIpc) is 2.48. The third kappa shape index (κ3) is 10.3. The van der Waals surface area contributed by atoms with Crippen molar-refractivity contribution in [2.45, 2.75) is 104 Å². The number of nitrogens with one attached hydrogen (secondary N) is 1. The molecule has 1 aromatic rings. The van der Waals surface area contributed by atoms with Crippen LogP contribution in [-0.4, -0.2) is 37.0 Å². The Balaban J connectivity index is 3.44. The second-order valence-electron chi connectivity index (χ2n) is 11.1. The topological polar surface area (TPSA) is 39.7 Å². The second-order valence-corrected chi connectivity index (χ2v) is 24.4. The van der Waals surface area contributed by atoms with Crippen molar-refractivity contribution >= 4 is 25.0 Å². The van der Waals surface area contributed by atoms with Crippen LogP contribution in [0.5, 0.6) is 11.5 Å². The lowest BCUT2D eigenvalue weighted by Gasteiger charge is -2.35. The molecule has 0 saturated heterocycles. The molecule has 4 nitrogen and oxygen atoms in total. The molecule has 0 amide bonds. The summed E-state index contributed by atoms with van der Waals surface area (Å²) in [6, 6.07) is 7.09. The zero-order valence-electron chi connectivity index (χ0n) is 20.9. The minimum Gasteiger partial charge on any atom is -0.542 e. The molecule has 0 fully saturated rings. The van der Waals surface area contributed by atoms with Gasteiger partial charge in [0, 0.05) is 12.1 Å². The van der Waals surface area contributed by atoms with Crippen LogP contribution < -0.4 is 14.2 Å². The van der Waals surface area contributed by atoms with Crippen LogP contribution in [0.25, 0.3) is 0 Å². The van der Waals surface area contributed by atoms with Crippen LogP contribution in [-0.2, 0) is 4.43 Å². The van der Waals surface area contributed by atoms with Gasteiger partial charge in [0.15, 0.2) is 8.32 Å². The van der Waals surface area contributed by atoms with Gasteiger partial charge in [0.2, 0.25) is 16.6 Å². The number of hydrogen-bond acceptors (Lipinski definition) is 4. The molecule has 29 heavy (non-hydrogen) atoms. The molecule has 0 aromatic heterocycles. The minimum absolute atomic E-state index is 0.000941. The van der Waals surface area contributed by atoms with Gasteiger partial charge >= 0.3 is 0 Å². The first-order valence-corrected chi connectivity index (χ1v) is 21.2. The molecule has 168 valence electrons. The molecule has 0 saturated carbocycles. The quantitative estimate of drug-likeness (QED) is 0.373. The summed E-state index contributed by atoms with van der Waals surface area (Å²) in [5.74, 6) is 1.74. The molecule has 7 heteroatoms. The molecule has 0 aliphatic rings. The first-order chi connectivity index (χ1) is 13.0. The van der Waals surface area contributed by atoms with E-state index in [4.69, 9.17) is 13.3 Å². The van der Waals surface area contributed by atoms with E-state index < -0.39 is 25.0 Å². The van der Waals surface area contributed by atoms with Crippen LogP contribution in [0.15, 0.2) is 18.2 Å². The van der Waals surface area contributed by atoms with Crippen molar-refractivity contribution in [2.24, 2.45) is 0 Å². The number of rotatable bonds is 11. The Morgan fingerprint density at radius 1 is 0.793 bits per heavy atom. The first-order valence-electron chi connectivity index (χ1n) is 11.0. The number of benzene rings is 1. The molecule has 1 rings (SSSR count). The van der Waals surface area contributed by atoms with Crippen molar-refractivity contribution in [2.75, 3.05) is 0 Å². The smallest absolute Gasteiger partial charge is 0.242 e. The largest absolute Gasteiger partial charge is 0.542 e. The molecule has 1 aromatic carbocycles. The molecule has 0 aliphatic carbocycles. The van der Waals surface area contributed by atoms with Crippen LogP contribution in [0.2, 0.25) is 58.9 Å². The SMILES string of the molecule is CCC(NC(C)C)C(O[Si](C)(C)C)c1ccc(O[Si](C)(C)C)c(O[Si](C)(C)C)c1. The lowest BCUT2D eigenvalue weighted by molar-refractivity contribution is 0.139. The Morgan fingerprint density at radius 3 is 1.72 bits per heavy atom. The maximum atomic E-state index is 6.70. The second kappa shape index (κ2) is 10.1. The Bertz CT molecular complexity index is 646. The van der Waals surface area contributed by atoms with Gasteiger partial charge in [0.25, 0.3) is 0 Å². The van der Waals surface area contributed by atoms with Crippen molar-refractivity contribution < 1.29 is 13.3 Å². The van der Waals surface area contributed by atoms with Crippen molar-refractivity contribution in [1.82, 2.24) is 5.32 Å². The summed E-state index contributed by atoms with van der Waals surface area (Å²) in [7, 11) is -5.27. The highest BCUT2D eigenvalue weighted by molar-refractivity contribution is 6.71. The molecule has 0 radical (unpaired) electrons. The fourth-order valence-corrected chi connectivity index (χ4v) is 5.85. The Labute approximate surface area is 183 Å². The summed E-state index contributed by atoms with van der Waals surface area (Å²) in [4.78, 5) is 0. The first kappa shape index (κ1) is 26.4. The average molecular weight is 456 g/mol. The fraction of sp³-hybridized carbons (Fsp3) is 0.727. The van der Waals surface area contributed by atoms with Gasteiger partial charge in [0.05, 0.1) is 6.10 Å². The maximum Gasteiger partial charge on any atom is 0.242 e. The van der Waals surface area contributed by atoms with E-state index >= 15 is 0 Å². The predicted octanol–water partition coefficient (Wildman–Crippen LogP) is 6.78. The van der Waals surface area contributed by atoms with Crippen molar-refractivity contribution in [1.29, 1.82) is 0 Å². The third-order valence-electron chi connectivity index (χ3n) is 3.96. The molecule has 0 spiro atoms. The summed E-state index contributed by atoms with van der Waals surface area (Å²) >= 11 is 0. The predicted molar refractivity (Wildman–Crippen MR) is 134 cm³/mol. The van der Waals surface area contributed by atoms with E-state index in [2.05, 4.69) is 103 Å². The van der Waals surface area contributed by atoms with E-state index in [-0.39, 0.29) is 12.1 Å². The van der Waals surface area contributed by atoms with E-state index in [1.54, 1.807) is 0 Å². The Morgan fingerprint density at radius 2 is 1.31 bits per heavy atom. The Kier molecular flexibility index (Phi) is 9.23. The van der Waals surface area contributed by atoms with Crippen LogP contribution in [0.3, 0.4) is 0 Å². The molecule has 2 atom stereocenters. The fourth-order valence-electron chi connectivity index (χ4n) is 3.14. The lowest BCUT2D eigenvalue weighted by atomic mass is 9.99. The van der Waals surface area contributed by atoms with Crippen molar-refractivity contribution in [3.63, 3.8) is 0 Å². The standard InChI is InChI=1S/C22H45NO3Si3/c1-13-19(23-17(2)3)22(26-29(10,11)12)18-14-15-20(24-27(4,5)6)21(16-18)25-28(7,8)9/h14-17,19,22-23H,13H2,1-12H3. The summed E-state index contributed by atoms with van der Waals surface area (Å²) in [5.41, 5.74) is 1.17. The summed E-state index contributed by atoms with van der Waals surface area (Å²) in [6.45, 7) is 26.6. The van der Waals surface area contributed by atoms with Gasteiger partial charge in [-0.25, -0.2) is 0 Å². The monoisotopic (exact) mass is 455 g/mol. The number of hydrogen-bond donors (Lipinski definition) is 1. The van der Waals surface area contributed by atoms with E-state index in [0.29, 0.717) is 6.04 Å². The van der Waals surface area contributed by atoms with Crippen LogP contribution in [0.4, 0.5) is 0 Å². The van der Waals surface area contributed by atoms with Gasteiger partial charge in [-0.1, -0.05) is 26.8 Å². The molecule has 1 N–H and O–H groups in total. The highest BCUT2D eigenvalue weighted by atomic mass is 28.4. The van der Waals surface area contributed by atoms with Gasteiger partial charge in [-0.2, -0.15) is 0 Å². The van der Waals surface area contributed by atoms with Crippen LogP contribution >= 0.6 is 0 Å². The van der Waals surface area contributed by atoms with Gasteiger partial charge in [0.1, 0.15) is 11.5 Å². The zero-order valence-corrected chi connectivity index (χ0v) is 23.9. The third-order valence-corrected chi connectivity index (χ3v) is 6.59. The van der Waals surface area contributed by atoms with Gasteiger partial charge in [-0.15, -0.1) is 0 Å². The molecule has 2 unspecified atom stereocenters.